The average molecular weight is 594 g/mol. The van der Waals surface area contributed by atoms with Gasteiger partial charge < -0.3 is 35.0 Å². The van der Waals surface area contributed by atoms with E-state index >= 15 is 0 Å². The van der Waals surface area contributed by atoms with E-state index < -0.39 is 11.9 Å². The minimum Gasteiger partial charge on any atom is -0.483 e. The highest BCUT2D eigenvalue weighted by Crippen LogP contribution is 2.01. The monoisotopic (exact) mass is 593 g/mol. The Kier molecular flexibility index (Phi) is 27.1. The van der Waals surface area contributed by atoms with E-state index in [2.05, 4.69) is 10.2 Å². The van der Waals surface area contributed by atoms with E-state index in [-0.39, 0.29) is 44.4 Å². The zero-order chi connectivity index (χ0) is 31.5. The van der Waals surface area contributed by atoms with Crippen molar-refractivity contribution in [3.8, 4) is 0 Å². The summed E-state index contributed by atoms with van der Waals surface area (Å²) < 4.78 is 10.5. The molecule has 0 aromatic rings. The number of ether oxygens (including phenoxy) is 2. The number of Topliss-reactive ketones (excluding diaryl/α,β-unsaturated/α-hetero) is 1. The normalized spacial score (nSPS) is 16.0. The molecule has 0 spiro atoms. The van der Waals surface area contributed by atoms with Gasteiger partial charge in [0.05, 0.1) is 39.5 Å². The van der Waals surface area contributed by atoms with Crippen LogP contribution in [0.5, 0.6) is 0 Å². The van der Waals surface area contributed by atoms with Crippen molar-refractivity contribution >= 4 is 30.1 Å². The van der Waals surface area contributed by atoms with Crippen LogP contribution in [0.1, 0.15) is 27.7 Å². The Bertz CT molecular complexity index is 729. The van der Waals surface area contributed by atoms with Crippen molar-refractivity contribution in [2.75, 3.05) is 112 Å². The summed E-state index contributed by atoms with van der Waals surface area (Å²) in [4.78, 5) is 62.1. The fourth-order valence-corrected chi connectivity index (χ4v) is 3.71. The molecule has 0 aliphatic carbocycles. The second-order valence-corrected chi connectivity index (χ2v) is 8.87. The second kappa shape index (κ2) is 27.5. The molecule has 1 saturated heterocycles. The van der Waals surface area contributed by atoms with Gasteiger partial charge in [-0.3, -0.25) is 38.7 Å². The maximum Gasteiger partial charge on any atom is 0.317 e. The number of carbonyl (C=O) groups excluding carboxylic acids is 2. The summed E-state index contributed by atoms with van der Waals surface area (Å²) in [5.74, 6) is -2.03. The zero-order valence-electron chi connectivity index (χ0n) is 25.1. The van der Waals surface area contributed by atoms with Crippen LogP contribution in [-0.2, 0) is 33.4 Å². The smallest absolute Gasteiger partial charge is 0.317 e. The van der Waals surface area contributed by atoms with Gasteiger partial charge in [-0.25, -0.2) is 0 Å². The van der Waals surface area contributed by atoms with Crippen molar-refractivity contribution in [2.24, 2.45) is 0 Å². The Balaban J connectivity index is 0. The number of carboxylic acids is 2. The molecule has 1 aliphatic heterocycles. The van der Waals surface area contributed by atoms with Crippen molar-refractivity contribution in [3.63, 3.8) is 0 Å². The molecule has 0 bridgehead atoms. The van der Waals surface area contributed by atoms with Crippen molar-refractivity contribution < 1.29 is 48.8 Å². The second-order valence-electron chi connectivity index (χ2n) is 8.87. The highest BCUT2D eigenvalue weighted by Gasteiger charge is 2.19. The number of amides is 1. The van der Waals surface area contributed by atoms with Crippen LogP contribution < -0.4 is 5.32 Å². The van der Waals surface area contributed by atoms with Gasteiger partial charge in [-0.2, -0.15) is 0 Å². The van der Waals surface area contributed by atoms with Crippen LogP contribution >= 0.6 is 0 Å². The summed E-state index contributed by atoms with van der Waals surface area (Å²) in [7, 11) is 0. The fourth-order valence-electron chi connectivity index (χ4n) is 3.71. The van der Waals surface area contributed by atoms with E-state index in [1.807, 2.05) is 30.6 Å². The van der Waals surface area contributed by atoms with E-state index in [1.54, 1.807) is 4.90 Å². The van der Waals surface area contributed by atoms with Gasteiger partial charge in [0.1, 0.15) is 6.61 Å². The molecular formula is C26H51N5O10. The van der Waals surface area contributed by atoms with E-state index in [9.17, 15) is 29.4 Å². The van der Waals surface area contributed by atoms with Crippen LogP contribution in [0.3, 0.4) is 0 Å². The molecule has 0 aromatic carbocycles. The van der Waals surface area contributed by atoms with Gasteiger partial charge >= 0.3 is 11.9 Å². The van der Waals surface area contributed by atoms with Gasteiger partial charge in [-0.05, 0) is 13.5 Å². The molecule has 1 amide bonds. The molecule has 0 radical (unpaired) electrons. The van der Waals surface area contributed by atoms with Crippen molar-refractivity contribution in [1.82, 2.24) is 24.9 Å². The molecule has 15 nitrogen and oxygen atoms in total. The van der Waals surface area contributed by atoms with Crippen molar-refractivity contribution in [1.29, 1.82) is 0 Å². The quantitative estimate of drug-likeness (QED) is 0.132. The summed E-state index contributed by atoms with van der Waals surface area (Å²) >= 11 is 0. The molecule has 0 saturated carbocycles. The number of nitrogens with one attached hydrogen (secondary N) is 1. The predicted octanol–water partition coefficient (Wildman–Crippen LogP) is -1.14. The lowest BCUT2D eigenvalue weighted by Gasteiger charge is -2.33. The molecule has 0 atom stereocenters. The third-order valence-corrected chi connectivity index (χ3v) is 5.71. The Hall–Kier alpha value is -2.69. The third kappa shape index (κ3) is 26.0. The van der Waals surface area contributed by atoms with Crippen LogP contribution in [0.2, 0.25) is 0 Å². The summed E-state index contributed by atoms with van der Waals surface area (Å²) in [5.41, 5.74) is 0. The molecule has 15 heteroatoms. The molecule has 1 aliphatic rings. The van der Waals surface area contributed by atoms with Gasteiger partial charge in [-0.15, -0.1) is 0 Å². The third-order valence-electron chi connectivity index (χ3n) is 5.71. The number of nitrogens with zero attached hydrogens (tertiary/aromatic N) is 4. The molecule has 1 rings (SSSR count). The van der Waals surface area contributed by atoms with E-state index in [4.69, 9.17) is 19.4 Å². The topological polar surface area (TPSA) is 189 Å². The highest BCUT2D eigenvalue weighted by atomic mass is 16.5. The first-order chi connectivity index (χ1) is 19.6. The summed E-state index contributed by atoms with van der Waals surface area (Å²) in [6.45, 7) is 13.9. The summed E-state index contributed by atoms with van der Waals surface area (Å²) in [6, 6.07) is 0. The minimum atomic E-state index is -0.944. The van der Waals surface area contributed by atoms with Gasteiger partial charge in [0, 0.05) is 58.9 Å². The Morgan fingerprint density at radius 1 is 0.732 bits per heavy atom. The van der Waals surface area contributed by atoms with Gasteiger partial charge in [0.25, 0.3) is 6.47 Å². The first-order valence-corrected chi connectivity index (χ1v) is 13.9. The van der Waals surface area contributed by atoms with Crippen LogP contribution in [0.25, 0.3) is 0 Å². The Morgan fingerprint density at radius 2 is 1.12 bits per heavy atom. The van der Waals surface area contributed by atoms with Crippen LogP contribution in [0.15, 0.2) is 0 Å². The SMILES string of the molecule is CC.CCN1CCN(CC(=O)O)CCN(CC(=O)O)CCN(CC(=O)NCCOCCOCC(C)=O)CC1.O=CO. The lowest BCUT2D eigenvalue weighted by molar-refractivity contribution is -0.140. The van der Waals surface area contributed by atoms with Crippen molar-refractivity contribution in [2.45, 2.75) is 27.7 Å². The molecular weight excluding hydrogens is 542 g/mol. The van der Waals surface area contributed by atoms with Crippen LogP contribution in [0, 0.1) is 0 Å². The number of carbonyl (C=O) groups is 5. The Morgan fingerprint density at radius 3 is 1.51 bits per heavy atom. The molecule has 4 N–H and O–H groups in total. The standard InChI is InChI=1S/C23H43N5O8.C2H6.CH2O2/c1-3-25-5-7-26(16-21(30)24-4-13-35-14-15-36-19-20(2)29)9-10-28(18-23(33)34)12-11-27(8-6-25)17-22(31)32;1-2;2-1-3/h3-19H2,1-2H3,(H,24,30)(H,31,32)(H,33,34);1-2H3;1H,(H,2,3). The summed E-state index contributed by atoms with van der Waals surface area (Å²) in [5, 5.41) is 28.2. The zero-order valence-corrected chi connectivity index (χ0v) is 25.1. The molecule has 240 valence electrons. The summed E-state index contributed by atoms with van der Waals surface area (Å²) in [6.07, 6.45) is 0. The first kappa shape index (κ1) is 40.4. The maximum absolute atomic E-state index is 12.5. The van der Waals surface area contributed by atoms with E-state index in [0.29, 0.717) is 78.7 Å². The Labute approximate surface area is 243 Å². The lowest BCUT2D eigenvalue weighted by Crippen LogP contribution is -2.49. The molecule has 41 heavy (non-hydrogen) atoms. The number of carboxylic acid groups (broad SMARTS) is 3. The van der Waals surface area contributed by atoms with Crippen molar-refractivity contribution in [3.05, 3.63) is 0 Å². The number of ketones is 1. The molecule has 0 aromatic heterocycles. The number of hydrogen-bond acceptors (Lipinski definition) is 11. The van der Waals surface area contributed by atoms with Crippen LogP contribution in [-0.4, -0.2) is 177 Å². The predicted molar refractivity (Wildman–Crippen MR) is 152 cm³/mol. The van der Waals surface area contributed by atoms with Gasteiger partial charge in [0.15, 0.2) is 5.78 Å². The maximum atomic E-state index is 12.5. The number of rotatable bonds is 15. The number of likely N-dealkylation sites (N-methyl/N-ethyl adjacent to an activating group) is 1. The first-order valence-electron chi connectivity index (χ1n) is 13.9. The number of aliphatic carboxylic acids is 2. The molecule has 1 heterocycles. The molecule has 1 fully saturated rings. The minimum absolute atomic E-state index is 0.0442. The average Bonchev–Trinajstić information content (AvgIpc) is 2.91. The number of hydrogen-bond donors (Lipinski definition) is 4. The molecule has 0 unspecified atom stereocenters. The fraction of sp³-hybridized carbons (Fsp3) is 0.808. The highest BCUT2D eigenvalue weighted by molar-refractivity contribution is 5.78. The lowest BCUT2D eigenvalue weighted by atomic mass is 10.3. The largest absolute Gasteiger partial charge is 0.483 e. The van der Waals surface area contributed by atoms with Gasteiger partial charge in [0.2, 0.25) is 5.91 Å². The van der Waals surface area contributed by atoms with E-state index in [0.717, 1.165) is 6.54 Å². The van der Waals surface area contributed by atoms with E-state index in [1.165, 1.54) is 6.92 Å². The van der Waals surface area contributed by atoms with Crippen LogP contribution in [0.4, 0.5) is 0 Å². The van der Waals surface area contributed by atoms with Gasteiger partial charge in [-0.1, -0.05) is 20.8 Å².